The highest BCUT2D eigenvalue weighted by Crippen LogP contribution is 2.40. The molecule has 2 aromatic rings. The fourth-order valence-electron chi connectivity index (χ4n) is 2.83. The number of carbonyl (C=O) groups excluding carboxylic acids is 1. The van der Waals surface area contributed by atoms with Crippen molar-refractivity contribution >= 4 is 27.7 Å². The minimum Gasteiger partial charge on any atom is -0.452 e. The molecule has 0 spiro atoms. The molecule has 1 unspecified atom stereocenters. The second-order valence-corrected chi connectivity index (χ2v) is 5.65. The maximum absolute atomic E-state index is 12.3. The Morgan fingerprint density at radius 1 is 1.40 bits per heavy atom. The third kappa shape index (κ3) is 1.66. The van der Waals surface area contributed by atoms with E-state index in [2.05, 4.69) is 31.3 Å². The largest absolute Gasteiger partial charge is 0.452 e. The van der Waals surface area contributed by atoms with Crippen LogP contribution in [0.15, 0.2) is 38.8 Å². The van der Waals surface area contributed by atoms with Crippen molar-refractivity contribution in [2.45, 2.75) is 25.3 Å². The highest BCUT2D eigenvalue weighted by molar-refractivity contribution is 9.10. The molecule has 0 saturated heterocycles. The molecule has 3 heterocycles. The zero-order valence-electron chi connectivity index (χ0n) is 10.5. The number of fused-ring (bicyclic) bond motifs is 1. The summed E-state index contributed by atoms with van der Waals surface area (Å²) in [5.41, 5.74) is 1.69. The van der Waals surface area contributed by atoms with Crippen molar-refractivity contribution in [3.63, 3.8) is 0 Å². The fourth-order valence-corrected chi connectivity index (χ4v) is 3.15. The molecule has 0 fully saturated rings. The minimum atomic E-state index is -0.331. The number of furan rings is 1. The molecule has 0 aromatic carbocycles. The molecule has 6 nitrogen and oxygen atoms in total. The van der Waals surface area contributed by atoms with Crippen molar-refractivity contribution in [3.8, 4) is 0 Å². The van der Waals surface area contributed by atoms with Crippen molar-refractivity contribution in [1.82, 2.24) is 14.8 Å². The van der Waals surface area contributed by atoms with Crippen molar-refractivity contribution in [3.05, 3.63) is 40.2 Å². The third-order valence-electron chi connectivity index (χ3n) is 3.67. The first-order chi connectivity index (χ1) is 9.74. The smallest absolute Gasteiger partial charge is 0.226 e. The molecular formula is C13H11BrN4O2. The van der Waals surface area contributed by atoms with E-state index in [1.807, 2.05) is 12.1 Å². The van der Waals surface area contributed by atoms with E-state index in [-0.39, 0.29) is 11.8 Å². The van der Waals surface area contributed by atoms with Gasteiger partial charge in [0.15, 0.2) is 10.5 Å². The van der Waals surface area contributed by atoms with Gasteiger partial charge in [0, 0.05) is 17.7 Å². The summed E-state index contributed by atoms with van der Waals surface area (Å²) in [6.45, 7) is 0. The lowest BCUT2D eigenvalue weighted by atomic mass is 9.88. The van der Waals surface area contributed by atoms with Crippen molar-refractivity contribution < 1.29 is 9.21 Å². The van der Waals surface area contributed by atoms with E-state index < -0.39 is 0 Å². The Labute approximate surface area is 123 Å². The number of hydrogen-bond donors (Lipinski definition) is 1. The number of anilines is 1. The van der Waals surface area contributed by atoms with Crippen molar-refractivity contribution in [1.29, 1.82) is 0 Å². The lowest BCUT2D eigenvalue weighted by Gasteiger charge is -2.30. The van der Waals surface area contributed by atoms with Gasteiger partial charge in [0.1, 0.15) is 18.1 Å². The molecule has 7 heteroatoms. The molecule has 102 valence electrons. The van der Waals surface area contributed by atoms with Crippen LogP contribution in [0.25, 0.3) is 0 Å². The molecule has 0 radical (unpaired) electrons. The zero-order chi connectivity index (χ0) is 13.7. The molecule has 2 aromatic heterocycles. The topological polar surface area (TPSA) is 73.0 Å². The van der Waals surface area contributed by atoms with E-state index in [1.54, 1.807) is 4.68 Å². The number of aromatic nitrogens is 3. The van der Waals surface area contributed by atoms with Gasteiger partial charge in [-0.15, -0.1) is 0 Å². The first-order valence-electron chi connectivity index (χ1n) is 6.42. The third-order valence-corrected chi connectivity index (χ3v) is 4.10. The quantitative estimate of drug-likeness (QED) is 0.867. The van der Waals surface area contributed by atoms with E-state index in [4.69, 9.17) is 4.42 Å². The molecule has 0 amide bonds. The molecule has 20 heavy (non-hydrogen) atoms. The van der Waals surface area contributed by atoms with Gasteiger partial charge in [0.25, 0.3) is 0 Å². The van der Waals surface area contributed by atoms with Crippen LogP contribution >= 0.6 is 15.9 Å². The molecular weight excluding hydrogens is 324 g/mol. The van der Waals surface area contributed by atoms with E-state index in [0.29, 0.717) is 22.8 Å². The van der Waals surface area contributed by atoms with Crippen molar-refractivity contribution in [2.24, 2.45) is 0 Å². The monoisotopic (exact) mass is 334 g/mol. The van der Waals surface area contributed by atoms with Crippen LogP contribution in [0.4, 0.5) is 5.95 Å². The summed E-state index contributed by atoms with van der Waals surface area (Å²) in [7, 11) is 0. The number of nitrogens with zero attached hydrogens (tertiary/aromatic N) is 3. The first kappa shape index (κ1) is 11.9. The lowest BCUT2D eigenvalue weighted by Crippen LogP contribution is -2.31. The number of Topliss-reactive ketones (excluding diaryl/α,β-unsaturated/α-hetero) is 1. The Balaban J connectivity index is 1.92. The first-order valence-corrected chi connectivity index (χ1v) is 7.21. The second-order valence-electron chi connectivity index (χ2n) is 4.87. The zero-order valence-corrected chi connectivity index (χ0v) is 12.1. The van der Waals surface area contributed by atoms with E-state index in [0.717, 1.165) is 24.1 Å². The Morgan fingerprint density at radius 3 is 3.10 bits per heavy atom. The average Bonchev–Trinajstić information content (AvgIpc) is 3.05. The number of rotatable bonds is 1. The molecule has 0 bridgehead atoms. The molecule has 1 atom stereocenters. The van der Waals surface area contributed by atoms with Crippen LogP contribution in [-0.4, -0.2) is 20.5 Å². The average molecular weight is 335 g/mol. The van der Waals surface area contributed by atoms with Crippen LogP contribution < -0.4 is 5.32 Å². The molecule has 0 saturated carbocycles. The summed E-state index contributed by atoms with van der Waals surface area (Å²) in [4.78, 5) is 16.5. The summed E-state index contributed by atoms with van der Waals surface area (Å²) >= 11 is 3.30. The predicted molar refractivity (Wildman–Crippen MR) is 74.1 cm³/mol. The maximum atomic E-state index is 12.3. The Kier molecular flexibility index (Phi) is 2.56. The van der Waals surface area contributed by atoms with E-state index in [1.165, 1.54) is 6.33 Å². The number of allylic oxidation sites excluding steroid dienone is 2. The van der Waals surface area contributed by atoms with Crippen LogP contribution in [0.1, 0.15) is 31.1 Å². The van der Waals surface area contributed by atoms with Gasteiger partial charge in [-0.2, -0.15) is 10.1 Å². The van der Waals surface area contributed by atoms with Crippen LogP contribution in [0.3, 0.4) is 0 Å². The second kappa shape index (κ2) is 4.31. The van der Waals surface area contributed by atoms with Gasteiger partial charge in [0.2, 0.25) is 5.95 Å². The predicted octanol–water partition coefficient (Wildman–Crippen LogP) is 2.66. The van der Waals surface area contributed by atoms with Crippen LogP contribution in [0.5, 0.6) is 0 Å². The van der Waals surface area contributed by atoms with E-state index >= 15 is 0 Å². The highest BCUT2D eigenvalue weighted by Gasteiger charge is 2.37. The Hall–Kier alpha value is -1.89. The number of carbonyl (C=O) groups is 1. The van der Waals surface area contributed by atoms with Gasteiger partial charge in [-0.25, -0.2) is 4.68 Å². The molecule has 1 N–H and O–H groups in total. The number of nitrogens with one attached hydrogen (secondary N) is 1. The van der Waals surface area contributed by atoms with Crippen LogP contribution in [-0.2, 0) is 4.79 Å². The summed E-state index contributed by atoms with van der Waals surface area (Å²) in [5, 5.41) is 7.44. The Bertz CT molecular complexity index is 730. The normalized spacial score (nSPS) is 21.4. The van der Waals surface area contributed by atoms with Crippen LogP contribution in [0.2, 0.25) is 0 Å². The standard InChI is InChI=1S/C13H11BrN4O2/c14-10-5-4-9(20-10)12-11-7(2-1-3-8(11)19)17-13-15-6-16-18(12)13/h4-6,12H,1-3H2,(H,15,16,17). The molecule has 1 aliphatic heterocycles. The summed E-state index contributed by atoms with van der Waals surface area (Å²) in [6.07, 6.45) is 3.78. The fraction of sp³-hybridized carbons (Fsp3) is 0.308. The van der Waals surface area contributed by atoms with Gasteiger partial charge in [-0.3, -0.25) is 4.79 Å². The minimum absolute atomic E-state index is 0.150. The number of hydrogen-bond acceptors (Lipinski definition) is 5. The SMILES string of the molecule is O=C1CCCC2=C1C(c1ccc(Br)o1)n1ncnc1N2. The van der Waals surface area contributed by atoms with Crippen molar-refractivity contribution in [2.75, 3.05) is 5.32 Å². The van der Waals surface area contributed by atoms with E-state index in [9.17, 15) is 4.79 Å². The lowest BCUT2D eigenvalue weighted by molar-refractivity contribution is -0.116. The molecule has 2 aliphatic rings. The number of ketones is 1. The summed E-state index contributed by atoms with van der Waals surface area (Å²) in [6, 6.07) is 3.35. The highest BCUT2D eigenvalue weighted by atomic mass is 79.9. The summed E-state index contributed by atoms with van der Waals surface area (Å²) in [5.74, 6) is 1.49. The van der Waals surface area contributed by atoms with Gasteiger partial charge in [-0.05, 0) is 40.9 Å². The molecule has 4 rings (SSSR count). The molecule has 1 aliphatic carbocycles. The summed E-state index contributed by atoms with van der Waals surface area (Å²) < 4.78 is 8.00. The maximum Gasteiger partial charge on any atom is 0.226 e. The van der Waals surface area contributed by atoms with Gasteiger partial charge in [0.05, 0.1) is 0 Å². The van der Waals surface area contributed by atoms with Gasteiger partial charge in [-0.1, -0.05) is 0 Å². The van der Waals surface area contributed by atoms with Gasteiger partial charge < -0.3 is 9.73 Å². The number of halogens is 1. The van der Waals surface area contributed by atoms with Gasteiger partial charge >= 0.3 is 0 Å². The van der Waals surface area contributed by atoms with Crippen LogP contribution in [0, 0.1) is 0 Å². The Morgan fingerprint density at radius 2 is 2.30 bits per heavy atom.